The number of urea groups is 1. The van der Waals surface area contributed by atoms with E-state index in [2.05, 4.69) is 10.6 Å². The van der Waals surface area contributed by atoms with Crippen LogP contribution in [0.2, 0.25) is 0 Å². The lowest BCUT2D eigenvalue weighted by molar-refractivity contribution is -0.120. The highest BCUT2D eigenvalue weighted by Gasteiger charge is 2.02. The molecule has 3 amide bonds. The van der Waals surface area contributed by atoms with Crippen LogP contribution >= 0.6 is 0 Å². The summed E-state index contributed by atoms with van der Waals surface area (Å²) in [4.78, 5) is 21.1. The van der Waals surface area contributed by atoms with E-state index in [9.17, 15) is 9.59 Å². The highest BCUT2D eigenvalue weighted by molar-refractivity contribution is 5.94. The van der Waals surface area contributed by atoms with Crippen LogP contribution in [0.5, 0.6) is 0 Å². The summed E-state index contributed by atoms with van der Waals surface area (Å²) in [6.45, 7) is 1.88. The number of carbonyl (C=O) groups excluding carboxylic acids is 2. The van der Waals surface area contributed by atoms with E-state index in [-0.39, 0.29) is 5.91 Å². The van der Waals surface area contributed by atoms with Gasteiger partial charge in [-0.2, -0.15) is 0 Å². The highest BCUT2D eigenvalue weighted by atomic mass is 16.2. The maximum absolute atomic E-state index is 10.6. The second kappa shape index (κ2) is 4.78. The molecule has 0 aliphatic rings. The van der Waals surface area contributed by atoms with Crippen molar-refractivity contribution in [3.63, 3.8) is 0 Å². The Morgan fingerprint density at radius 2 is 2.00 bits per heavy atom. The van der Waals surface area contributed by atoms with Crippen LogP contribution in [-0.4, -0.2) is 19.0 Å². The third-order valence-corrected chi connectivity index (χ3v) is 0.957. The van der Waals surface area contributed by atoms with Crippen molar-refractivity contribution in [2.75, 3.05) is 7.05 Å². The van der Waals surface area contributed by atoms with E-state index in [0.717, 1.165) is 6.42 Å². The molecule has 0 atom stereocenters. The van der Waals surface area contributed by atoms with Gasteiger partial charge in [0.15, 0.2) is 0 Å². The van der Waals surface area contributed by atoms with Crippen LogP contribution in [-0.2, 0) is 4.79 Å². The summed E-state index contributed by atoms with van der Waals surface area (Å²) >= 11 is 0. The maximum atomic E-state index is 10.6. The van der Waals surface area contributed by atoms with Crippen LogP contribution in [0.25, 0.3) is 0 Å². The minimum Gasteiger partial charge on any atom is -0.341 e. The Kier molecular flexibility index (Phi) is 4.28. The quantitative estimate of drug-likeness (QED) is 0.583. The Morgan fingerprint density at radius 3 is 2.40 bits per heavy atom. The van der Waals surface area contributed by atoms with Gasteiger partial charge in [-0.15, -0.1) is 0 Å². The van der Waals surface area contributed by atoms with Crippen molar-refractivity contribution in [1.29, 1.82) is 0 Å². The van der Waals surface area contributed by atoms with Crippen molar-refractivity contribution in [1.82, 2.24) is 10.6 Å². The van der Waals surface area contributed by atoms with Crippen LogP contribution in [0.4, 0.5) is 4.79 Å². The van der Waals surface area contributed by atoms with Gasteiger partial charge in [-0.25, -0.2) is 4.79 Å². The number of imide groups is 1. The van der Waals surface area contributed by atoms with Crippen molar-refractivity contribution in [3.8, 4) is 0 Å². The molecule has 0 bridgehead atoms. The third-order valence-electron chi connectivity index (χ3n) is 0.957. The molecule has 0 aliphatic carbocycles. The first-order valence-corrected chi connectivity index (χ1v) is 3.22. The molecule has 2 N–H and O–H groups in total. The zero-order valence-corrected chi connectivity index (χ0v) is 6.23. The van der Waals surface area contributed by atoms with Gasteiger partial charge in [0.05, 0.1) is 0 Å². The Bertz CT molecular complexity index is 134. The molecule has 0 saturated heterocycles. The standard InChI is InChI=1S/C6H12N2O2/c1-3-4-5(9)8-6(10)7-2/h3-4H2,1-2H3,(H2,7,8,9,10). The smallest absolute Gasteiger partial charge is 0.321 e. The zero-order chi connectivity index (χ0) is 7.98. The van der Waals surface area contributed by atoms with Gasteiger partial charge in [-0.3, -0.25) is 10.1 Å². The lowest BCUT2D eigenvalue weighted by Gasteiger charge is -1.99. The first-order chi connectivity index (χ1) is 4.70. The average molecular weight is 144 g/mol. The molecule has 0 heterocycles. The Balaban J connectivity index is 3.47. The van der Waals surface area contributed by atoms with Gasteiger partial charge >= 0.3 is 6.03 Å². The van der Waals surface area contributed by atoms with Crippen LogP contribution < -0.4 is 10.6 Å². The van der Waals surface area contributed by atoms with Crippen LogP contribution in [0.15, 0.2) is 0 Å². The van der Waals surface area contributed by atoms with E-state index >= 15 is 0 Å². The normalized spacial score (nSPS) is 8.60. The first-order valence-electron chi connectivity index (χ1n) is 3.22. The van der Waals surface area contributed by atoms with Gasteiger partial charge in [0.1, 0.15) is 0 Å². The molecular formula is C6H12N2O2. The Labute approximate surface area is 60.0 Å². The van der Waals surface area contributed by atoms with Gasteiger partial charge in [-0.05, 0) is 6.42 Å². The second-order valence-electron chi connectivity index (χ2n) is 1.88. The minimum absolute atomic E-state index is 0.234. The summed E-state index contributed by atoms with van der Waals surface area (Å²) in [5, 5.41) is 4.42. The van der Waals surface area contributed by atoms with E-state index in [1.165, 1.54) is 7.05 Å². The molecule has 0 radical (unpaired) electrons. The topological polar surface area (TPSA) is 58.2 Å². The molecule has 0 unspecified atom stereocenters. The SMILES string of the molecule is CCCC(=O)NC(=O)NC. The fourth-order valence-electron chi connectivity index (χ4n) is 0.479. The summed E-state index contributed by atoms with van der Waals surface area (Å²) in [6.07, 6.45) is 1.15. The molecule has 0 rings (SSSR count). The lowest BCUT2D eigenvalue weighted by atomic mass is 10.3. The van der Waals surface area contributed by atoms with Gasteiger partial charge < -0.3 is 5.32 Å². The number of rotatable bonds is 2. The van der Waals surface area contributed by atoms with Gasteiger partial charge in [0.2, 0.25) is 5.91 Å². The zero-order valence-electron chi connectivity index (χ0n) is 6.23. The summed E-state index contributed by atoms with van der Waals surface area (Å²) in [5.74, 6) is -0.234. The van der Waals surface area contributed by atoms with E-state index in [0.29, 0.717) is 6.42 Å². The van der Waals surface area contributed by atoms with Gasteiger partial charge in [-0.1, -0.05) is 6.92 Å². The van der Waals surface area contributed by atoms with Crippen LogP contribution in [0.3, 0.4) is 0 Å². The maximum Gasteiger partial charge on any atom is 0.321 e. The number of hydrogen-bond acceptors (Lipinski definition) is 2. The van der Waals surface area contributed by atoms with E-state index in [1.54, 1.807) is 0 Å². The van der Waals surface area contributed by atoms with Crippen molar-refractivity contribution < 1.29 is 9.59 Å². The summed E-state index contributed by atoms with van der Waals surface area (Å²) < 4.78 is 0. The molecule has 0 saturated carbocycles. The number of nitrogens with one attached hydrogen (secondary N) is 2. The van der Waals surface area contributed by atoms with Crippen LogP contribution in [0.1, 0.15) is 19.8 Å². The molecule has 0 aromatic carbocycles. The molecule has 0 spiro atoms. The molecule has 4 nitrogen and oxygen atoms in total. The Hall–Kier alpha value is -1.06. The molecule has 0 aromatic rings. The van der Waals surface area contributed by atoms with Gasteiger partial charge in [0, 0.05) is 13.5 Å². The van der Waals surface area contributed by atoms with Crippen LogP contribution in [0, 0.1) is 0 Å². The van der Waals surface area contributed by atoms with Crippen molar-refractivity contribution in [3.05, 3.63) is 0 Å². The molecule has 0 aliphatic heterocycles. The molecule has 0 fully saturated rings. The molecule has 4 heteroatoms. The highest BCUT2D eigenvalue weighted by Crippen LogP contribution is 1.84. The van der Waals surface area contributed by atoms with E-state index in [1.807, 2.05) is 6.92 Å². The predicted molar refractivity (Wildman–Crippen MR) is 37.5 cm³/mol. The average Bonchev–Trinajstić information content (AvgIpc) is 1.88. The summed E-state index contributed by atoms with van der Waals surface area (Å²) in [6, 6.07) is -0.446. The van der Waals surface area contributed by atoms with E-state index in [4.69, 9.17) is 0 Å². The Morgan fingerprint density at radius 1 is 1.40 bits per heavy atom. The first kappa shape index (κ1) is 8.94. The molecule has 10 heavy (non-hydrogen) atoms. The van der Waals surface area contributed by atoms with Gasteiger partial charge in [0.25, 0.3) is 0 Å². The van der Waals surface area contributed by atoms with Crippen molar-refractivity contribution in [2.24, 2.45) is 0 Å². The fraction of sp³-hybridized carbons (Fsp3) is 0.667. The number of hydrogen-bond donors (Lipinski definition) is 2. The minimum atomic E-state index is -0.446. The number of amides is 3. The van der Waals surface area contributed by atoms with Crippen molar-refractivity contribution >= 4 is 11.9 Å². The lowest BCUT2D eigenvalue weighted by Crippen LogP contribution is -2.37. The fourth-order valence-corrected chi connectivity index (χ4v) is 0.479. The van der Waals surface area contributed by atoms with Crippen molar-refractivity contribution in [2.45, 2.75) is 19.8 Å². The molecular weight excluding hydrogens is 132 g/mol. The monoisotopic (exact) mass is 144 g/mol. The summed E-state index contributed by atoms with van der Waals surface area (Å²) in [5.41, 5.74) is 0. The third kappa shape index (κ3) is 3.88. The number of carbonyl (C=O) groups is 2. The largest absolute Gasteiger partial charge is 0.341 e. The molecule has 0 aromatic heterocycles. The predicted octanol–water partition coefficient (Wildman–Crippen LogP) is 0.242. The molecule has 58 valence electrons. The summed E-state index contributed by atoms with van der Waals surface area (Å²) in [7, 11) is 1.47. The second-order valence-corrected chi connectivity index (χ2v) is 1.88. The van der Waals surface area contributed by atoms with E-state index < -0.39 is 6.03 Å².